The first-order chi connectivity index (χ1) is 14.5. The fourth-order valence-corrected chi connectivity index (χ4v) is 3.90. The van der Waals surface area contributed by atoms with E-state index < -0.39 is 5.56 Å². The molecule has 0 aromatic carbocycles. The van der Waals surface area contributed by atoms with Crippen molar-refractivity contribution in [3.63, 3.8) is 0 Å². The summed E-state index contributed by atoms with van der Waals surface area (Å²) in [6.45, 7) is 4.93. The Balaban J connectivity index is 1.48. The van der Waals surface area contributed by atoms with Gasteiger partial charge in [0.1, 0.15) is 22.6 Å². The number of halogens is 1. The van der Waals surface area contributed by atoms with Gasteiger partial charge in [-0.3, -0.25) is 9.78 Å². The Labute approximate surface area is 177 Å². The lowest BCUT2D eigenvalue weighted by molar-refractivity contribution is 0.225. The van der Waals surface area contributed by atoms with Crippen LogP contribution < -0.4 is 15.2 Å². The van der Waals surface area contributed by atoms with Crippen molar-refractivity contribution in [3.8, 4) is 17.0 Å². The van der Waals surface area contributed by atoms with Crippen LogP contribution in [0.25, 0.3) is 11.3 Å². The summed E-state index contributed by atoms with van der Waals surface area (Å²) in [6, 6.07) is 3.69. The zero-order valence-corrected chi connectivity index (χ0v) is 17.5. The van der Waals surface area contributed by atoms with Crippen LogP contribution in [0.5, 0.6) is 5.75 Å². The minimum atomic E-state index is -0.411. The molecule has 1 fully saturated rings. The number of hydrogen-bond acceptors (Lipinski definition) is 8. The molecule has 3 aromatic rings. The highest BCUT2D eigenvalue weighted by molar-refractivity contribution is 6.33. The number of aryl methyl sites for hydroxylation is 2. The van der Waals surface area contributed by atoms with Gasteiger partial charge in [-0.25, -0.2) is 4.68 Å². The monoisotopic (exact) mass is 431 g/mol. The smallest absolute Gasteiger partial charge is 0.287 e. The van der Waals surface area contributed by atoms with Gasteiger partial charge >= 0.3 is 0 Å². The summed E-state index contributed by atoms with van der Waals surface area (Å²) in [5.74, 6) is 1.41. The lowest BCUT2D eigenvalue weighted by Crippen LogP contribution is -2.30. The lowest BCUT2D eigenvalue weighted by atomic mass is 10.1. The summed E-state index contributed by atoms with van der Waals surface area (Å²) < 4.78 is 12.6. The average molecular weight is 432 g/mol. The Morgan fingerprint density at radius 1 is 1.40 bits per heavy atom. The van der Waals surface area contributed by atoms with Crippen molar-refractivity contribution in [1.82, 2.24) is 19.9 Å². The van der Waals surface area contributed by atoms with Crippen molar-refractivity contribution in [1.29, 1.82) is 0 Å². The van der Waals surface area contributed by atoms with E-state index in [2.05, 4.69) is 15.2 Å². The molecule has 0 spiro atoms. The standard InChI is InChI=1S/C20H22ClN5O4/c1-12-18(13(2)30-24-12)16-9-14(3-5-22-16)29-15-4-6-25(11-15)17-10-23-26(7-8-27)20(28)19(17)21/h3,5,9-10,15,27H,4,6-8,11H2,1-2H3/t15-/m1/s1. The van der Waals surface area contributed by atoms with Gasteiger partial charge in [0, 0.05) is 25.2 Å². The highest BCUT2D eigenvalue weighted by Crippen LogP contribution is 2.30. The molecule has 9 nitrogen and oxygen atoms in total. The third kappa shape index (κ3) is 3.90. The first kappa shape index (κ1) is 20.4. The Kier molecular flexibility index (Phi) is 5.74. The van der Waals surface area contributed by atoms with Crippen LogP contribution in [0.15, 0.2) is 33.8 Å². The van der Waals surface area contributed by atoms with Crippen LogP contribution >= 0.6 is 11.6 Å². The minimum absolute atomic E-state index is 0.0686. The summed E-state index contributed by atoms with van der Waals surface area (Å²) in [4.78, 5) is 18.7. The van der Waals surface area contributed by atoms with Crippen LogP contribution in [-0.2, 0) is 6.54 Å². The second-order valence-corrected chi connectivity index (χ2v) is 7.52. The topological polar surface area (TPSA) is 107 Å². The number of hydrogen-bond donors (Lipinski definition) is 1. The molecule has 0 bridgehead atoms. The highest BCUT2D eigenvalue weighted by atomic mass is 35.5. The van der Waals surface area contributed by atoms with Crippen LogP contribution in [0.4, 0.5) is 5.69 Å². The normalized spacial score (nSPS) is 16.3. The summed E-state index contributed by atoms with van der Waals surface area (Å²) >= 11 is 6.27. The largest absolute Gasteiger partial charge is 0.488 e. The molecule has 0 aliphatic carbocycles. The van der Waals surface area contributed by atoms with Crippen LogP contribution in [0.3, 0.4) is 0 Å². The molecule has 1 N–H and O–H groups in total. The number of anilines is 1. The molecule has 1 aliphatic rings. The summed E-state index contributed by atoms with van der Waals surface area (Å²) in [5, 5.41) is 17.2. The Hall–Kier alpha value is -2.91. The van der Waals surface area contributed by atoms with Crippen molar-refractivity contribution in [2.24, 2.45) is 0 Å². The number of aromatic nitrogens is 4. The minimum Gasteiger partial charge on any atom is -0.488 e. The predicted molar refractivity (Wildman–Crippen MR) is 111 cm³/mol. The number of nitrogens with zero attached hydrogens (tertiary/aromatic N) is 5. The number of aliphatic hydroxyl groups excluding tert-OH is 1. The van der Waals surface area contributed by atoms with E-state index in [1.54, 1.807) is 12.4 Å². The molecular weight excluding hydrogens is 410 g/mol. The maximum atomic E-state index is 12.3. The molecule has 10 heteroatoms. The maximum Gasteiger partial charge on any atom is 0.287 e. The fourth-order valence-electron chi connectivity index (χ4n) is 3.64. The molecule has 1 atom stereocenters. The van der Waals surface area contributed by atoms with Crippen LogP contribution in [-0.4, -0.2) is 50.8 Å². The second-order valence-electron chi connectivity index (χ2n) is 7.15. The zero-order chi connectivity index (χ0) is 21.3. The van der Waals surface area contributed by atoms with E-state index in [-0.39, 0.29) is 24.3 Å². The molecule has 0 unspecified atom stereocenters. The predicted octanol–water partition coefficient (Wildman–Crippen LogP) is 2.21. The highest BCUT2D eigenvalue weighted by Gasteiger charge is 2.27. The fraction of sp³-hybridized carbons (Fsp3) is 0.400. The van der Waals surface area contributed by atoms with Gasteiger partial charge in [-0.15, -0.1) is 0 Å². The van der Waals surface area contributed by atoms with Crippen molar-refractivity contribution >= 4 is 17.3 Å². The molecule has 30 heavy (non-hydrogen) atoms. The van der Waals surface area contributed by atoms with E-state index in [1.807, 2.05) is 30.9 Å². The molecule has 3 aromatic heterocycles. The number of aliphatic hydroxyl groups is 1. The van der Waals surface area contributed by atoms with Gasteiger partial charge in [-0.2, -0.15) is 5.10 Å². The van der Waals surface area contributed by atoms with E-state index in [9.17, 15) is 4.79 Å². The van der Waals surface area contributed by atoms with Gasteiger partial charge in [0.05, 0.1) is 48.5 Å². The van der Waals surface area contributed by atoms with Gasteiger partial charge in [0.25, 0.3) is 5.56 Å². The quantitative estimate of drug-likeness (QED) is 0.633. The van der Waals surface area contributed by atoms with Crippen molar-refractivity contribution in [2.75, 3.05) is 24.6 Å². The SMILES string of the molecule is Cc1noc(C)c1-c1cc(O[C@@H]2CCN(c3cnn(CCO)c(=O)c3Cl)C2)ccn1. The van der Waals surface area contributed by atoms with Crippen molar-refractivity contribution < 1.29 is 14.4 Å². The van der Waals surface area contributed by atoms with Crippen LogP contribution in [0, 0.1) is 13.8 Å². The van der Waals surface area contributed by atoms with E-state index in [1.165, 1.54) is 0 Å². The molecule has 0 saturated carbocycles. The van der Waals surface area contributed by atoms with Gasteiger partial charge < -0.3 is 19.3 Å². The van der Waals surface area contributed by atoms with Crippen LogP contribution in [0.1, 0.15) is 17.9 Å². The third-order valence-electron chi connectivity index (χ3n) is 5.09. The van der Waals surface area contributed by atoms with E-state index >= 15 is 0 Å². The van der Waals surface area contributed by atoms with Gasteiger partial charge in [0.2, 0.25) is 0 Å². The first-order valence-corrected chi connectivity index (χ1v) is 10.0. The molecular formula is C20H22ClN5O4. The van der Waals surface area contributed by atoms with Crippen molar-refractivity contribution in [2.45, 2.75) is 32.9 Å². The third-order valence-corrected chi connectivity index (χ3v) is 5.44. The molecule has 0 radical (unpaired) electrons. The Bertz CT molecular complexity index is 1090. The Morgan fingerprint density at radius 2 is 2.23 bits per heavy atom. The molecule has 158 valence electrons. The van der Waals surface area contributed by atoms with Gasteiger partial charge in [0.15, 0.2) is 0 Å². The van der Waals surface area contributed by atoms with E-state index in [0.717, 1.165) is 28.1 Å². The molecule has 4 heterocycles. The Morgan fingerprint density at radius 3 is 2.97 bits per heavy atom. The second kappa shape index (κ2) is 8.45. The van der Waals surface area contributed by atoms with E-state index in [0.29, 0.717) is 30.3 Å². The lowest BCUT2D eigenvalue weighted by Gasteiger charge is -2.20. The van der Waals surface area contributed by atoms with Crippen molar-refractivity contribution in [3.05, 3.63) is 51.4 Å². The number of pyridine rings is 1. The number of rotatable bonds is 6. The van der Waals surface area contributed by atoms with Gasteiger partial charge in [-0.05, 0) is 19.9 Å². The molecule has 1 aliphatic heterocycles. The summed E-state index contributed by atoms with van der Waals surface area (Å²) in [5.41, 5.74) is 2.56. The molecule has 1 saturated heterocycles. The summed E-state index contributed by atoms with van der Waals surface area (Å²) in [6.07, 6.45) is 3.97. The average Bonchev–Trinajstić information content (AvgIpc) is 3.32. The van der Waals surface area contributed by atoms with Crippen LogP contribution in [0.2, 0.25) is 5.02 Å². The van der Waals surface area contributed by atoms with Gasteiger partial charge in [-0.1, -0.05) is 16.8 Å². The first-order valence-electron chi connectivity index (χ1n) is 9.65. The van der Waals surface area contributed by atoms with E-state index in [4.69, 9.17) is 26.0 Å². The molecule has 4 rings (SSSR count). The number of ether oxygens (including phenoxy) is 1. The maximum absolute atomic E-state index is 12.3. The molecule has 0 amide bonds. The zero-order valence-electron chi connectivity index (χ0n) is 16.7. The summed E-state index contributed by atoms with van der Waals surface area (Å²) in [7, 11) is 0.